The number of ether oxygens (including phenoxy) is 2. The van der Waals surface area contributed by atoms with E-state index >= 15 is 0 Å². The third-order valence-electron chi connectivity index (χ3n) is 2.13. The van der Waals surface area contributed by atoms with Crippen LogP contribution in [0.2, 0.25) is 0 Å². The summed E-state index contributed by atoms with van der Waals surface area (Å²) < 4.78 is 9.96. The standard InChI is InChI=1S/C12H20O4/c1-6-12(4,5)16-10(13)7-8-15-11(14)9(2)3/h2,6-8H2,1,3-5H3. The third-order valence-corrected chi connectivity index (χ3v) is 2.13. The van der Waals surface area contributed by atoms with E-state index in [1.807, 2.05) is 20.8 Å². The van der Waals surface area contributed by atoms with Gasteiger partial charge >= 0.3 is 11.9 Å². The lowest BCUT2D eigenvalue weighted by Crippen LogP contribution is -2.27. The summed E-state index contributed by atoms with van der Waals surface area (Å²) in [6, 6.07) is 0. The quantitative estimate of drug-likeness (QED) is 0.516. The molecule has 0 fully saturated rings. The molecule has 0 heterocycles. The SMILES string of the molecule is C=C(C)C(=O)OCCC(=O)OC(C)(C)CC. The van der Waals surface area contributed by atoms with Gasteiger partial charge in [0.25, 0.3) is 0 Å². The smallest absolute Gasteiger partial charge is 0.333 e. The normalized spacial score (nSPS) is 10.8. The molecule has 0 saturated heterocycles. The second-order valence-electron chi connectivity index (χ2n) is 4.25. The van der Waals surface area contributed by atoms with Crippen molar-refractivity contribution in [3.8, 4) is 0 Å². The molecule has 4 heteroatoms. The molecule has 0 aliphatic carbocycles. The summed E-state index contributed by atoms with van der Waals surface area (Å²) in [6.07, 6.45) is 0.812. The van der Waals surface area contributed by atoms with Crippen molar-refractivity contribution in [1.29, 1.82) is 0 Å². The molecule has 4 nitrogen and oxygen atoms in total. The highest BCUT2D eigenvalue weighted by Crippen LogP contribution is 2.14. The molecule has 0 rings (SSSR count). The Balaban J connectivity index is 3.83. The first-order chi connectivity index (χ1) is 7.28. The van der Waals surface area contributed by atoms with Crippen molar-refractivity contribution in [2.75, 3.05) is 6.61 Å². The third kappa shape index (κ3) is 6.22. The van der Waals surface area contributed by atoms with Crippen LogP contribution in [0.25, 0.3) is 0 Å². The predicted molar refractivity (Wildman–Crippen MR) is 60.9 cm³/mol. The molecule has 16 heavy (non-hydrogen) atoms. The molecule has 0 atom stereocenters. The monoisotopic (exact) mass is 228 g/mol. The van der Waals surface area contributed by atoms with Gasteiger partial charge in [-0.2, -0.15) is 0 Å². The molecule has 0 spiro atoms. The second-order valence-corrected chi connectivity index (χ2v) is 4.25. The van der Waals surface area contributed by atoms with Crippen LogP contribution in [0.4, 0.5) is 0 Å². The highest BCUT2D eigenvalue weighted by Gasteiger charge is 2.20. The first kappa shape index (κ1) is 14.7. The minimum atomic E-state index is -0.484. The van der Waals surface area contributed by atoms with Gasteiger partial charge in [0, 0.05) is 5.57 Å². The zero-order valence-corrected chi connectivity index (χ0v) is 10.5. The Hall–Kier alpha value is -1.32. The van der Waals surface area contributed by atoms with Gasteiger partial charge in [-0.05, 0) is 27.2 Å². The second kappa shape index (κ2) is 6.30. The van der Waals surface area contributed by atoms with Crippen molar-refractivity contribution in [3.63, 3.8) is 0 Å². The topological polar surface area (TPSA) is 52.6 Å². The average Bonchev–Trinajstić information content (AvgIpc) is 2.16. The zero-order valence-electron chi connectivity index (χ0n) is 10.5. The molecule has 92 valence electrons. The zero-order chi connectivity index (χ0) is 12.8. The van der Waals surface area contributed by atoms with Crippen LogP contribution in [-0.2, 0) is 19.1 Å². The van der Waals surface area contributed by atoms with Gasteiger partial charge in [0.05, 0.1) is 6.42 Å². The molecule has 0 N–H and O–H groups in total. The lowest BCUT2D eigenvalue weighted by atomic mass is 10.1. The van der Waals surface area contributed by atoms with Crippen LogP contribution in [0.5, 0.6) is 0 Å². The summed E-state index contributed by atoms with van der Waals surface area (Å²) in [5.74, 6) is -0.844. The Morgan fingerprint density at radius 1 is 1.31 bits per heavy atom. The Kier molecular flexibility index (Phi) is 5.78. The Labute approximate surface area is 96.6 Å². The van der Waals surface area contributed by atoms with Gasteiger partial charge < -0.3 is 9.47 Å². The molecule has 0 amide bonds. The van der Waals surface area contributed by atoms with Crippen LogP contribution in [0.3, 0.4) is 0 Å². The lowest BCUT2D eigenvalue weighted by Gasteiger charge is -2.23. The maximum Gasteiger partial charge on any atom is 0.333 e. The van der Waals surface area contributed by atoms with Crippen LogP contribution in [-0.4, -0.2) is 24.1 Å². The summed E-state index contributed by atoms with van der Waals surface area (Å²) >= 11 is 0. The molecule has 0 unspecified atom stereocenters. The number of hydrogen-bond acceptors (Lipinski definition) is 4. The van der Waals surface area contributed by atoms with Gasteiger partial charge in [0.2, 0.25) is 0 Å². The van der Waals surface area contributed by atoms with Crippen molar-refractivity contribution >= 4 is 11.9 Å². The van der Waals surface area contributed by atoms with Crippen molar-refractivity contribution in [3.05, 3.63) is 12.2 Å². The van der Waals surface area contributed by atoms with Crippen molar-refractivity contribution < 1.29 is 19.1 Å². The molecule has 0 aromatic heterocycles. The van der Waals surface area contributed by atoms with Crippen LogP contribution in [0.15, 0.2) is 12.2 Å². The molecule has 0 bridgehead atoms. The van der Waals surface area contributed by atoms with Crippen LogP contribution in [0.1, 0.15) is 40.5 Å². The fourth-order valence-corrected chi connectivity index (χ4v) is 0.782. The van der Waals surface area contributed by atoms with E-state index in [0.29, 0.717) is 5.57 Å². The lowest BCUT2D eigenvalue weighted by molar-refractivity contribution is -0.158. The summed E-state index contributed by atoms with van der Waals surface area (Å²) in [4.78, 5) is 22.3. The number of carbonyl (C=O) groups excluding carboxylic acids is 2. The molecular weight excluding hydrogens is 208 g/mol. The molecule has 0 saturated carbocycles. The Bertz CT molecular complexity index is 279. The van der Waals surface area contributed by atoms with E-state index in [1.54, 1.807) is 6.92 Å². The predicted octanol–water partition coefficient (Wildman–Crippen LogP) is 2.23. The van der Waals surface area contributed by atoms with Crippen LogP contribution < -0.4 is 0 Å². The minimum absolute atomic E-state index is 0.0321. The fraction of sp³-hybridized carbons (Fsp3) is 0.667. The number of rotatable bonds is 6. The number of carbonyl (C=O) groups is 2. The Morgan fingerprint density at radius 3 is 2.31 bits per heavy atom. The van der Waals surface area contributed by atoms with E-state index in [0.717, 1.165) is 6.42 Å². The molecule has 0 aliphatic heterocycles. The van der Waals surface area contributed by atoms with Crippen molar-refractivity contribution in [2.24, 2.45) is 0 Å². The van der Waals surface area contributed by atoms with Gasteiger partial charge in [0.15, 0.2) is 0 Å². The fourth-order valence-electron chi connectivity index (χ4n) is 0.782. The Morgan fingerprint density at radius 2 is 1.88 bits per heavy atom. The van der Waals surface area contributed by atoms with Gasteiger partial charge in [-0.25, -0.2) is 4.79 Å². The first-order valence-corrected chi connectivity index (χ1v) is 5.33. The van der Waals surface area contributed by atoms with E-state index in [2.05, 4.69) is 6.58 Å². The largest absolute Gasteiger partial charge is 0.462 e. The summed E-state index contributed by atoms with van der Waals surface area (Å²) in [5, 5.41) is 0. The van der Waals surface area contributed by atoms with Gasteiger partial charge in [-0.1, -0.05) is 13.5 Å². The minimum Gasteiger partial charge on any atom is -0.462 e. The number of esters is 2. The van der Waals surface area contributed by atoms with Crippen molar-refractivity contribution in [2.45, 2.75) is 46.1 Å². The molecule has 0 radical (unpaired) electrons. The summed E-state index contributed by atoms with van der Waals surface area (Å²) in [7, 11) is 0. The van der Waals surface area contributed by atoms with E-state index < -0.39 is 11.6 Å². The highest BCUT2D eigenvalue weighted by molar-refractivity contribution is 5.87. The van der Waals surface area contributed by atoms with Gasteiger partial charge in [-0.15, -0.1) is 0 Å². The van der Waals surface area contributed by atoms with Crippen LogP contribution in [0, 0.1) is 0 Å². The highest BCUT2D eigenvalue weighted by atomic mass is 16.6. The maximum atomic E-state index is 11.3. The molecule has 0 aromatic carbocycles. The number of hydrogen-bond donors (Lipinski definition) is 0. The molecule has 0 aromatic rings. The average molecular weight is 228 g/mol. The summed E-state index contributed by atoms with van der Waals surface area (Å²) in [6.45, 7) is 10.6. The van der Waals surface area contributed by atoms with E-state index in [1.165, 1.54) is 0 Å². The molecule has 0 aliphatic rings. The van der Waals surface area contributed by atoms with Crippen molar-refractivity contribution in [1.82, 2.24) is 0 Å². The van der Waals surface area contributed by atoms with E-state index in [9.17, 15) is 9.59 Å². The van der Waals surface area contributed by atoms with E-state index in [-0.39, 0.29) is 19.0 Å². The van der Waals surface area contributed by atoms with Crippen LogP contribution >= 0.6 is 0 Å². The van der Waals surface area contributed by atoms with Gasteiger partial charge in [0.1, 0.15) is 12.2 Å². The van der Waals surface area contributed by atoms with E-state index in [4.69, 9.17) is 9.47 Å². The summed E-state index contributed by atoms with van der Waals surface area (Å²) in [5.41, 5.74) is -0.141. The first-order valence-electron chi connectivity index (χ1n) is 5.33. The maximum absolute atomic E-state index is 11.3. The molecular formula is C12H20O4. The van der Waals surface area contributed by atoms with Gasteiger partial charge in [-0.3, -0.25) is 4.79 Å².